The predicted octanol–water partition coefficient (Wildman–Crippen LogP) is 1.74. The molecule has 2 heteroatoms. The average molecular weight is 186 g/mol. The van der Waals surface area contributed by atoms with Crippen LogP contribution < -0.4 is 0 Å². The summed E-state index contributed by atoms with van der Waals surface area (Å²) in [4.78, 5) is 0. The van der Waals surface area contributed by atoms with Crippen molar-refractivity contribution < 1.29 is 33.0 Å². The van der Waals surface area contributed by atoms with E-state index in [1.807, 2.05) is 6.92 Å². The molecular formula is C5H8Ni2. The molecule has 0 aromatic rings. The van der Waals surface area contributed by atoms with E-state index in [-0.39, 0.29) is 33.0 Å². The molecule has 0 aliphatic carbocycles. The first-order chi connectivity index (χ1) is 2.27. The third-order valence-electron chi connectivity index (χ3n) is 0.348. The van der Waals surface area contributed by atoms with Crippen molar-refractivity contribution in [2.45, 2.75) is 6.92 Å². The summed E-state index contributed by atoms with van der Waals surface area (Å²) < 4.78 is 0. The summed E-state index contributed by atoms with van der Waals surface area (Å²) in [5, 5.41) is 0. The van der Waals surface area contributed by atoms with Crippen LogP contribution in [0.5, 0.6) is 0 Å². The Morgan fingerprint density at radius 1 is 1.43 bits per heavy atom. The van der Waals surface area contributed by atoms with E-state index >= 15 is 0 Å². The van der Waals surface area contributed by atoms with E-state index in [0.29, 0.717) is 0 Å². The van der Waals surface area contributed by atoms with Gasteiger partial charge in [0.1, 0.15) is 0 Å². The SMILES string of the molecule is C=CC(=C)C.[Ni].[Ni]. The third-order valence-corrected chi connectivity index (χ3v) is 0.348. The van der Waals surface area contributed by atoms with E-state index in [1.165, 1.54) is 0 Å². The molecule has 48 valence electrons. The molecule has 0 unspecified atom stereocenters. The minimum Gasteiger partial charge on any atom is -0.0988 e. The van der Waals surface area contributed by atoms with Crippen LogP contribution in [-0.4, -0.2) is 0 Å². The molecular weight excluding hydrogens is 177 g/mol. The quantitative estimate of drug-likeness (QED) is 0.431. The summed E-state index contributed by atoms with van der Waals surface area (Å²) >= 11 is 0. The van der Waals surface area contributed by atoms with E-state index < -0.39 is 0 Å². The van der Waals surface area contributed by atoms with Gasteiger partial charge in [0.25, 0.3) is 0 Å². The summed E-state index contributed by atoms with van der Waals surface area (Å²) in [6.07, 6.45) is 1.72. The van der Waals surface area contributed by atoms with E-state index in [2.05, 4.69) is 13.2 Å². The Balaban J connectivity index is -0.0000000800. The molecule has 0 amide bonds. The van der Waals surface area contributed by atoms with Crippen molar-refractivity contribution in [1.82, 2.24) is 0 Å². The van der Waals surface area contributed by atoms with Crippen LogP contribution >= 0.6 is 0 Å². The first kappa shape index (κ1) is 15.7. The molecule has 0 aromatic heterocycles. The maximum Gasteiger partial charge on any atom is 0 e. The van der Waals surface area contributed by atoms with Crippen LogP contribution in [0.4, 0.5) is 0 Å². The van der Waals surface area contributed by atoms with Crippen LogP contribution in [0.2, 0.25) is 0 Å². The van der Waals surface area contributed by atoms with Gasteiger partial charge in [0.2, 0.25) is 0 Å². The normalized spacial score (nSPS) is 4.71. The van der Waals surface area contributed by atoms with Crippen LogP contribution in [0, 0.1) is 0 Å². The van der Waals surface area contributed by atoms with Crippen molar-refractivity contribution in [2.24, 2.45) is 0 Å². The van der Waals surface area contributed by atoms with Crippen molar-refractivity contribution in [2.75, 3.05) is 0 Å². The fourth-order valence-corrected chi connectivity index (χ4v) is 0. The zero-order chi connectivity index (χ0) is 4.28. The Labute approximate surface area is 64.9 Å². The van der Waals surface area contributed by atoms with Gasteiger partial charge in [0.15, 0.2) is 0 Å². The van der Waals surface area contributed by atoms with Crippen LogP contribution in [0.15, 0.2) is 24.8 Å². The fourth-order valence-electron chi connectivity index (χ4n) is 0. The van der Waals surface area contributed by atoms with Gasteiger partial charge in [0, 0.05) is 33.0 Å². The summed E-state index contributed by atoms with van der Waals surface area (Å²) in [6.45, 7) is 8.93. The average Bonchev–Trinajstić information content (AvgIpc) is 1.38. The molecule has 0 saturated carbocycles. The second-order valence-electron chi connectivity index (χ2n) is 1.05. The van der Waals surface area contributed by atoms with Gasteiger partial charge in [-0.05, 0) is 6.92 Å². The van der Waals surface area contributed by atoms with Crippen LogP contribution in [-0.2, 0) is 33.0 Å². The molecule has 0 heterocycles. The molecule has 0 aromatic carbocycles. The summed E-state index contributed by atoms with van der Waals surface area (Å²) in [5.74, 6) is 0. The van der Waals surface area contributed by atoms with E-state index in [4.69, 9.17) is 0 Å². The molecule has 0 rings (SSSR count). The van der Waals surface area contributed by atoms with Gasteiger partial charge in [-0.1, -0.05) is 24.8 Å². The van der Waals surface area contributed by atoms with Gasteiger partial charge >= 0.3 is 0 Å². The number of hydrogen-bond donors (Lipinski definition) is 0. The minimum absolute atomic E-state index is 0. The summed E-state index contributed by atoms with van der Waals surface area (Å²) in [6, 6.07) is 0. The Hall–Kier alpha value is 0.467. The molecule has 0 bridgehead atoms. The maximum atomic E-state index is 3.56. The summed E-state index contributed by atoms with van der Waals surface area (Å²) in [7, 11) is 0. The maximum absolute atomic E-state index is 3.56. The van der Waals surface area contributed by atoms with Crippen molar-refractivity contribution in [1.29, 1.82) is 0 Å². The van der Waals surface area contributed by atoms with Crippen molar-refractivity contribution in [3.63, 3.8) is 0 Å². The summed E-state index contributed by atoms with van der Waals surface area (Å²) in [5.41, 5.74) is 1.02. The number of rotatable bonds is 1. The second kappa shape index (κ2) is 9.69. The molecule has 0 saturated heterocycles. The van der Waals surface area contributed by atoms with Gasteiger partial charge in [-0.25, -0.2) is 0 Å². The molecule has 0 N–H and O–H groups in total. The third kappa shape index (κ3) is 21.2. The van der Waals surface area contributed by atoms with Crippen LogP contribution in [0.3, 0.4) is 0 Å². The Morgan fingerprint density at radius 3 is 1.57 bits per heavy atom. The minimum atomic E-state index is 0. The Bertz CT molecular complexity index is 57.1. The number of allylic oxidation sites excluding steroid dienone is 2. The molecule has 0 nitrogen and oxygen atoms in total. The van der Waals surface area contributed by atoms with E-state index in [0.717, 1.165) is 5.57 Å². The molecule has 0 radical (unpaired) electrons. The largest absolute Gasteiger partial charge is 0.0988 e. The monoisotopic (exact) mass is 184 g/mol. The first-order valence-electron chi connectivity index (χ1n) is 1.55. The topological polar surface area (TPSA) is 0 Å². The zero-order valence-corrected chi connectivity index (χ0v) is 6.10. The molecule has 0 aliphatic heterocycles. The molecule has 0 fully saturated rings. The predicted molar refractivity (Wildman–Crippen MR) is 25.0 cm³/mol. The van der Waals surface area contributed by atoms with E-state index in [9.17, 15) is 0 Å². The smallest absolute Gasteiger partial charge is 0 e. The van der Waals surface area contributed by atoms with Crippen LogP contribution in [0.1, 0.15) is 6.92 Å². The first-order valence-corrected chi connectivity index (χ1v) is 1.55. The van der Waals surface area contributed by atoms with E-state index in [1.54, 1.807) is 6.08 Å². The Kier molecular flexibility index (Phi) is 21.7. The van der Waals surface area contributed by atoms with Gasteiger partial charge < -0.3 is 0 Å². The van der Waals surface area contributed by atoms with Crippen LogP contribution in [0.25, 0.3) is 0 Å². The standard InChI is InChI=1S/C5H8.2Ni/c1-4-5(2)3;;/h4H,1-2H2,3H3;;. The van der Waals surface area contributed by atoms with Crippen molar-refractivity contribution in [3.8, 4) is 0 Å². The fraction of sp³-hybridized carbons (Fsp3) is 0.200. The van der Waals surface area contributed by atoms with Gasteiger partial charge in [-0.2, -0.15) is 0 Å². The van der Waals surface area contributed by atoms with Gasteiger partial charge in [0.05, 0.1) is 0 Å². The van der Waals surface area contributed by atoms with Gasteiger partial charge in [-0.3, -0.25) is 0 Å². The van der Waals surface area contributed by atoms with Crippen molar-refractivity contribution >= 4 is 0 Å². The Morgan fingerprint density at radius 2 is 1.57 bits per heavy atom. The molecule has 7 heavy (non-hydrogen) atoms. The second-order valence-corrected chi connectivity index (χ2v) is 1.05. The number of hydrogen-bond acceptors (Lipinski definition) is 0. The zero-order valence-electron chi connectivity index (χ0n) is 4.12. The molecule has 0 atom stereocenters. The molecule has 0 spiro atoms. The molecule has 0 aliphatic rings. The van der Waals surface area contributed by atoms with Crippen molar-refractivity contribution in [3.05, 3.63) is 24.8 Å². The van der Waals surface area contributed by atoms with Gasteiger partial charge in [-0.15, -0.1) is 0 Å².